The van der Waals surface area contributed by atoms with Gasteiger partial charge in [0.1, 0.15) is 0 Å². The molecule has 0 radical (unpaired) electrons. The fourth-order valence-electron chi connectivity index (χ4n) is 2.46. The van der Waals surface area contributed by atoms with Gasteiger partial charge in [0.2, 0.25) is 0 Å². The van der Waals surface area contributed by atoms with Gasteiger partial charge in [0, 0.05) is 32.3 Å². The molecular formula is C10H20N2O. The summed E-state index contributed by atoms with van der Waals surface area (Å²) < 4.78 is 5.41. The summed E-state index contributed by atoms with van der Waals surface area (Å²) in [5, 5.41) is 7.05. The van der Waals surface area contributed by atoms with Crippen molar-refractivity contribution in [1.29, 1.82) is 0 Å². The Balaban J connectivity index is 1.79. The lowest BCUT2D eigenvalue weighted by Crippen LogP contribution is -2.44. The molecule has 0 aromatic heterocycles. The Hall–Kier alpha value is -0.120. The average Bonchev–Trinajstić information content (AvgIpc) is 2.76. The molecule has 1 unspecified atom stereocenters. The van der Waals surface area contributed by atoms with Crippen molar-refractivity contribution in [3.05, 3.63) is 0 Å². The second-order valence-electron chi connectivity index (χ2n) is 4.19. The van der Waals surface area contributed by atoms with E-state index in [9.17, 15) is 0 Å². The molecule has 0 bridgehead atoms. The Morgan fingerprint density at radius 1 is 1.23 bits per heavy atom. The van der Waals surface area contributed by atoms with E-state index in [0.29, 0.717) is 12.1 Å². The van der Waals surface area contributed by atoms with Crippen LogP contribution in [0.4, 0.5) is 0 Å². The van der Waals surface area contributed by atoms with Crippen molar-refractivity contribution >= 4 is 0 Å². The van der Waals surface area contributed by atoms with Crippen molar-refractivity contribution < 1.29 is 4.74 Å². The van der Waals surface area contributed by atoms with E-state index < -0.39 is 0 Å². The Morgan fingerprint density at radius 2 is 2.00 bits per heavy atom. The first-order valence-electron chi connectivity index (χ1n) is 5.39. The molecule has 3 nitrogen and oxygen atoms in total. The van der Waals surface area contributed by atoms with Gasteiger partial charge in [-0.05, 0) is 12.8 Å². The van der Waals surface area contributed by atoms with E-state index in [1.54, 1.807) is 7.11 Å². The molecule has 2 atom stereocenters. The van der Waals surface area contributed by atoms with Crippen molar-refractivity contribution in [2.24, 2.45) is 0 Å². The Bertz CT molecular complexity index is 157. The lowest BCUT2D eigenvalue weighted by atomic mass is 10.1. The molecule has 2 N–H and O–H groups in total. The van der Waals surface area contributed by atoms with Crippen LogP contribution in [0.1, 0.15) is 25.7 Å². The fraction of sp³-hybridized carbons (Fsp3) is 1.00. The predicted molar refractivity (Wildman–Crippen MR) is 52.8 cm³/mol. The number of nitrogens with one attached hydrogen (secondary N) is 2. The van der Waals surface area contributed by atoms with Crippen LogP contribution in [0.2, 0.25) is 0 Å². The first-order chi connectivity index (χ1) is 6.40. The number of hydrogen-bond donors (Lipinski definition) is 2. The minimum atomic E-state index is 0.376. The summed E-state index contributed by atoms with van der Waals surface area (Å²) in [5.41, 5.74) is 0. The maximum atomic E-state index is 5.41. The first-order valence-corrected chi connectivity index (χ1v) is 5.39. The van der Waals surface area contributed by atoms with Gasteiger partial charge < -0.3 is 15.4 Å². The van der Waals surface area contributed by atoms with Gasteiger partial charge in [0.25, 0.3) is 0 Å². The van der Waals surface area contributed by atoms with Gasteiger partial charge in [-0.3, -0.25) is 0 Å². The van der Waals surface area contributed by atoms with E-state index in [4.69, 9.17) is 4.74 Å². The third kappa shape index (κ3) is 2.22. The van der Waals surface area contributed by atoms with Crippen LogP contribution < -0.4 is 10.6 Å². The molecule has 0 amide bonds. The Labute approximate surface area is 80.2 Å². The van der Waals surface area contributed by atoms with Crippen LogP contribution in [0.25, 0.3) is 0 Å². The zero-order chi connectivity index (χ0) is 9.10. The van der Waals surface area contributed by atoms with Crippen LogP contribution in [-0.2, 0) is 4.74 Å². The molecule has 0 aromatic carbocycles. The monoisotopic (exact) mass is 184 g/mol. The van der Waals surface area contributed by atoms with E-state index >= 15 is 0 Å². The van der Waals surface area contributed by atoms with Crippen LogP contribution in [0, 0.1) is 0 Å². The van der Waals surface area contributed by atoms with E-state index in [2.05, 4.69) is 10.6 Å². The molecule has 13 heavy (non-hydrogen) atoms. The molecular weight excluding hydrogens is 164 g/mol. The van der Waals surface area contributed by atoms with E-state index in [-0.39, 0.29) is 0 Å². The van der Waals surface area contributed by atoms with Gasteiger partial charge in [-0.15, -0.1) is 0 Å². The first kappa shape index (κ1) is 9.44. The standard InChI is InChI=1S/C10H20N2O/c1-13-10-7-11-6-9(10)12-8-4-2-3-5-8/h8-12H,2-7H2,1H3/t9?,10-/m0/s1. The number of hydrogen-bond acceptors (Lipinski definition) is 3. The summed E-state index contributed by atoms with van der Waals surface area (Å²) in [4.78, 5) is 0. The fourth-order valence-corrected chi connectivity index (χ4v) is 2.46. The van der Waals surface area contributed by atoms with Gasteiger partial charge in [0.05, 0.1) is 6.10 Å². The summed E-state index contributed by atoms with van der Waals surface area (Å²) in [6.07, 6.45) is 5.88. The summed E-state index contributed by atoms with van der Waals surface area (Å²) in [6, 6.07) is 1.29. The molecule has 1 saturated carbocycles. The summed E-state index contributed by atoms with van der Waals surface area (Å²) >= 11 is 0. The van der Waals surface area contributed by atoms with E-state index in [1.165, 1.54) is 25.7 Å². The van der Waals surface area contributed by atoms with Crippen molar-refractivity contribution in [3.63, 3.8) is 0 Å². The number of methoxy groups -OCH3 is 1. The summed E-state index contributed by atoms with van der Waals surface area (Å²) in [7, 11) is 1.81. The summed E-state index contributed by atoms with van der Waals surface area (Å²) in [6.45, 7) is 2.07. The van der Waals surface area contributed by atoms with Gasteiger partial charge in [-0.25, -0.2) is 0 Å². The van der Waals surface area contributed by atoms with Crippen molar-refractivity contribution in [3.8, 4) is 0 Å². The van der Waals surface area contributed by atoms with Crippen LogP contribution >= 0.6 is 0 Å². The summed E-state index contributed by atoms with van der Waals surface area (Å²) in [5.74, 6) is 0. The topological polar surface area (TPSA) is 33.3 Å². The van der Waals surface area contributed by atoms with Gasteiger partial charge in [-0.2, -0.15) is 0 Å². The smallest absolute Gasteiger partial charge is 0.0860 e. The number of ether oxygens (including phenoxy) is 1. The van der Waals surface area contributed by atoms with Crippen LogP contribution in [0.3, 0.4) is 0 Å². The molecule has 1 heterocycles. The molecule has 1 aliphatic heterocycles. The highest BCUT2D eigenvalue weighted by Crippen LogP contribution is 2.19. The molecule has 0 aromatic rings. The van der Waals surface area contributed by atoms with Crippen LogP contribution in [0.5, 0.6) is 0 Å². The molecule has 1 saturated heterocycles. The predicted octanol–water partition coefficient (Wildman–Crippen LogP) is 0.505. The Morgan fingerprint density at radius 3 is 2.69 bits per heavy atom. The highest BCUT2D eigenvalue weighted by Gasteiger charge is 2.29. The SMILES string of the molecule is CO[C@H]1CNCC1NC1CCCC1. The molecule has 2 fully saturated rings. The van der Waals surface area contributed by atoms with E-state index in [0.717, 1.165) is 19.1 Å². The highest BCUT2D eigenvalue weighted by molar-refractivity contribution is 4.90. The minimum Gasteiger partial charge on any atom is -0.378 e. The maximum Gasteiger partial charge on any atom is 0.0860 e. The lowest BCUT2D eigenvalue weighted by Gasteiger charge is -2.22. The molecule has 2 rings (SSSR count). The molecule has 2 aliphatic rings. The Kier molecular flexibility index (Phi) is 3.19. The molecule has 76 valence electrons. The number of rotatable bonds is 3. The highest BCUT2D eigenvalue weighted by atomic mass is 16.5. The largest absolute Gasteiger partial charge is 0.378 e. The average molecular weight is 184 g/mol. The third-order valence-corrected chi connectivity index (χ3v) is 3.27. The van der Waals surface area contributed by atoms with Crippen LogP contribution in [-0.4, -0.2) is 38.4 Å². The quantitative estimate of drug-likeness (QED) is 0.670. The second kappa shape index (κ2) is 4.40. The maximum absolute atomic E-state index is 5.41. The van der Waals surface area contributed by atoms with Gasteiger partial charge in [0.15, 0.2) is 0 Å². The van der Waals surface area contributed by atoms with Crippen molar-refractivity contribution in [2.45, 2.75) is 43.9 Å². The van der Waals surface area contributed by atoms with Crippen LogP contribution in [0.15, 0.2) is 0 Å². The zero-order valence-electron chi connectivity index (χ0n) is 8.38. The molecule has 0 spiro atoms. The second-order valence-corrected chi connectivity index (χ2v) is 4.19. The van der Waals surface area contributed by atoms with Gasteiger partial charge >= 0.3 is 0 Å². The van der Waals surface area contributed by atoms with Gasteiger partial charge in [-0.1, -0.05) is 12.8 Å². The zero-order valence-corrected chi connectivity index (χ0v) is 8.38. The van der Waals surface area contributed by atoms with E-state index in [1.807, 2.05) is 0 Å². The van der Waals surface area contributed by atoms with Crippen molar-refractivity contribution in [2.75, 3.05) is 20.2 Å². The molecule has 1 aliphatic carbocycles. The molecule has 3 heteroatoms. The third-order valence-electron chi connectivity index (χ3n) is 3.27. The minimum absolute atomic E-state index is 0.376. The lowest BCUT2D eigenvalue weighted by molar-refractivity contribution is 0.0926. The van der Waals surface area contributed by atoms with Crippen molar-refractivity contribution in [1.82, 2.24) is 10.6 Å². The normalized spacial score (nSPS) is 35.8.